The van der Waals surface area contributed by atoms with Gasteiger partial charge in [-0.25, -0.2) is 23.1 Å². The highest BCUT2D eigenvalue weighted by Crippen LogP contribution is 2.20. The normalized spacial score (nSPS) is 11.2. The Hall–Kier alpha value is -2.64. The lowest BCUT2D eigenvalue weighted by Gasteiger charge is -2.20. The second-order valence-electron chi connectivity index (χ2n) is 5.84. The zero-order valence-electron chi connectivity index (χ0n) is 12.7. The molecule has 0 aliphatic carbocycles. The second kappa shape index (κ2) is 6.23. The fourth-order valence-electron chi connectivity index (χ4n) is 1.70. The molecule has 0 aliphatic heterocycles. The van der Waals surface area contributed by atoms with Crippen molar-refractivity contribution in [2.75, 3.05) is 10.6 Å². The van der Waals surface area contributed by atoms with Gasteiger partial charge in [0.1, 0.15) is 11.5 Å². The molecule has 5 nitrogen and oxygen atoms in total. The van der Waals surface area contributed by atoms with Gasteiger partial charge in [-0.05, 0) is 32.9 Å². The van der Waals surface area contributed by atoms with Gasteiger partial charge in [-0.1, -0.05) is 0 Å². The molecule has 2 N–H and O–H groups in total. The lowest BCUT2D eigenvalue weighted by atomic mass is 10.1. The van der Waals surface area contributed by atoms with Crippen molar-refractivity contribution in [3.63, 3.8) is 0 Å². The molecular weight excluding hydrogens is 309 g/mol. The Morgan fingerprint density at radius 2 is 1.74 bits per heavy atom. The Bertz CT molecular complexity index is 727. The molecule has 0 saturated heterocycles. The molecule has 122 valence electrons. The van der Waals surface area contributed by atoms with Crippen molar-refractivity contribution >= 4 is 17.4 Å². The van der Waals surface area contributed by atoms with E-state index in [2.05, 4.69) is 20.6 Å². The van der Waals surface area contributed by atoms with Gasteiger partial charge >= 0.3 is 0 Å². The van der Waals surface area contributed by atoms with E-state index in [-0.39, 0.29) is 11.2 Å². The van der Waals surface area contributed by atoms with Gasteiger partial charge < -0.3 is 10.6 Å². The van der Waals surface area contributed by atoms with Crippen LogP contribution in [0, 0.1) is 17.5 Å². The van der Waals surface area contributed by atoms with Crippen LogP contribution in [0.25, 0.3) is 0 Å². The SMILES string of the molecule is CC(C)(C)Nc1cnc(C(=O)Nc2ccc(F)c(F)c2F)cn1. The van der Waals surface area contributed by atoms with Gasteiger partial charge in [0, 0.05) is 5.54 Å². The maximum absolute atomic E-state index is 13.5. The van der Waals surface area contributed by atoms with Gasteiger partial charge in [-0.3, -0.25) is 4.79 Å². The first-order valence-electron chi connectivity index (χ1n) is 6.72. The third-order valence-electron chi connectivity index (χ3n) is 2.67. The predicted molar refractivity (Wildman–Crippen MR) is 79.7 cm³/mol. The molecule has 0 bridgehead atoms. The smallest absolute Gasteiger partial charge is 0.275 e. The quantitative estimate of drug-likeness (QED) is 0.850. The Labute approximate surface area is 131 Å². The Morgan fingerprint density at radius 1 is 1.04 bits per heavy atom. The summed E-state index contributed by atoms with van der Waals surface area (Å²) in [6.07, 6.45) is 2.54. The molecule has 8 heteroatoms. The van der Waals surface area contributed by atoms with E-state index in [1.165, 1.54) is 12.4 Å². The first-order chi connectivity index (χ1) is 10.7. The third-order valence-corrected chi connectivity index (χ3v) is 2.67. The van der Waals surface area contributed by atoms with Crippen LogP contribution in [-0.4, -0.2) is 21.4 Å². The summed E-state index contributed by atoms with van der Waals surface area (Å²) in [5.41, 5.74) is -0.797. The van der Waals surface area contributed by atoms with Crippen molar-refractivity contribution in [1.82, 2.24) is 9.97 Å². The first kappa shape index (κ1) is 16.7. The van der Waals surface area contributed by atoms with E-state index >= 15 is 0 Å². The van der Waals surface area contributed by atoms with Crippen LogP contribution in [0.4, 0.5) is 24.7 Å². The van der Waals surface area contributed by atoms with Crippen molar-refractivity contribution < 1.29 is 18.0 Å². The molecule has 1 amide bonds. The van der Waals surface area contributed by atoms with Gasteiger partial charge in [0.15, 0.2) is 17.5 Å². The summed E-state index contributed by atoms with van der Waals surface area (Å²) >= 11 is 0. The van der Waals surface area contributed by atoms with Crippen LogP contribution >= 0.6 is 0 Å². The molecule has 1 aromatic heterocycles. The summed E-state index contributed by atoms with van der Waals surface area (Å²) in [5, 5.41) is 5.18. The lowest BCUT2D eigenvalue weighted by Crippen LogP contribution is -2.27. The molecule has 0 saturated carbocycles. The Morgan fingerprint density at radius 3 is 2.30 bits per heavy atom. The average Bonchev–Trinajstić information content (AvgIpc) is 2.47. The maximum atomic E-state index is 13.5. The highest BCUT2D eigenvalue weighted by atomic mass is 19.2. The van der Waals surface area contributed by atoms with E-state index in [1.54, 1.807) is 0 Å². The maximum Gasteiger partial charge on any atom is 0.275 e. The Kier molecular flexibility index (Phi) is 4.53. The minimum atomic E-state index is -1.65. The summed E-state index contributed by atoms with van der Waals surface area (Å²) in [7, 11) is 0. The van der Waals surface area contributed by atoms with Crippen LogP contribution < -0.4 is 10.6 Å². The molecule has 1 heterocycles. The molecule has 0 radical (unpaired) electrons. The van der Waals surface area contributed by atoms with Gasteiger partial charge in [-0.15, -0.1) is 0 Å². The van der Waals surface area contributed by atoms with Crippen molar-refractivity contribution in [3.05, 3.63) is 47.7 Å². The largest absolute Gasteiger partial charge is 0.364 e. The van der Waals surface area contributed by atoms with Crippen molar-refractivity contribution in [2.24, 2.45) is 0 Å². The number of aromatic nitrogens is 2. The summed E-state index contributed by atoms with van der Waals surface area (Å²) in [6, 6.07) is 1.64. The van der Waals surface area contributed by atoms with Gasteiger partial charge in [0.25, 0.3) is 5.91 Å². The number of anilines is 2. The minimum absolute atomic E-state index is 0.0893. The number of nitrogens with zero attached hydrogens (tertiary/aromatic N) is 2. The van der Waals surface area contributed by atoms with E-state index in [9.17, 15) is 18.0 Å². The van der Waals surface area contributed by atoms with Crippen molar-refractivity contribution in [2.45, 2.75) is 26.3 Å². The zero-order valence-corrected chi connectivity index (χ0v) is 12.7. The molecule has 0 fully saturated rings. The van der Waals surface area contributed by atoms with Gasteiger partial charge in [-0.2, -0.15) is 0 Å². The summed E-state index contributed by atoms with van der Waals surface area (Å²) in [6.45, 7) is 5.80. The molecule has 0 aliphatic rings. The summed E-state index contributed by atoms with van der Waals surface area (Å²) in [4.78, 5) is 19.9. The minimum Gasteiger partial charge on any atom is -0.364 e. The van der Waals surface area contributed by atoms with E-state index in [4.69, 9.17) is 0 Å². The number of nitrogens with one attached hydrogen (secondary N) is 2. The molecule has 2 rings (SSSR count). The number of benzene rings is 1. The third kappa shape index (κ3) is 4.18. The summed E-state index contributed by atoms with van der Waals surface area (Å²) in [5.74, 6) is -4.79. The van der Waals surface area contributed by atoms with Crippen LogP contribution in [0.1, 0.15) is 31.3 Å². The van der Waals surface area contributed by atoms with Crippen LogP contribution in [0.15, 0.2) is 24.5 Å². The number of halogens is 3. The van der Waals surface area contributed by atoms with Crippen molar-refractivity contribution in [1.29, 1.82) is 0 Å². The van der Waals surface area contributed by atoms with Crippen LogP contribution in [0.5, 0.6) is 0 Å². The number of amides is 1. The van der Waals surface area contributed by atoms with Crippen molar-refractivity contribution in [3.8, 4) is 0 Å². The van der Waals surface area contributed by atoms with E-state index in [0.717, 1.165) is 12.1 Å². The lowest BCUT2D eigenvalue weighted by molar-refractivity contribution is 0.102. The average molecular weight is 324 g/mol. The standard InChI is InChI=1S/C15H15F3N4O/c1-15(2,3)22-11-7-19-10(6-20-11)14(23)21-9-5-4-8(16)12(17)13(9)18/h4-7H,1-3H3,(H,20,22)(H,21,23). The molecule has 23 heavy (non-hydrogen) atoms. The summed E-state index contributed by atoms with van der Waals surface area (Å²) < 4.78 is 39.5. The number of hydrogen-bond acceptors (Lipinski definition) is 4. The number of rotatable bonds is 3. The molecule has 0 unspecified atom stereocenters. The molecular formula is C15H15F3N4O. The van der Waals surface area contributed by atoms with E-state index in [1.807, 2.05) is 20.8 Å². The molecule has 0 spiro atoms. The van der Waals surface area contributed by atoms with Gasteiger partial charge in [0.2, 0.25) is 0 Å². The monoisotopic (exact) mass is 324 g/mol. The first-order valence-corrected chi connectivity index (χ1v) is 6.72. The number of carbonyl (C=O) groups excluding carboxylic acids is 1. The molecule has 2 aromatic rings. The molecule has 0 atom stereocenters. The van der Waals surface area contributed by atoms with Gasteiger partial charge in [0.05, 0.1) is 18.1 Å². The van der Waals surface area contributed by atoms with E-state index < -0.39 is 29.0 Å². The van der Waals surface area contributed by atoms with Crippen LogP contribution in [0.2, 0.25) is 0 Å². The number of hydrogen-bond donors (Lipinski definition) is 2. The topological polar surface area (TPSA) is 66.9 Å². The Balaban J connectivity index is 2.14. The predicted octanol–water partition coefficient (Wildman–Crippen LogP) is 3.36. The number of carbonyl (C=O) groups is 1. The fraction of sp³-hybridized carbons (Fsp3) is 0.267. The highest BCUT2D eigenvalue weighted by molar-refractivity contribution is 6.02. The zero-order chi connectivity index (χ0) is 17.2. The fourth-order valence-corrected chi connectivity index (χ4v) is 1.70. The molecule has 1 aromatic carbocycles. The highest BCUT2D eigenvalue weighted by Gasteiger charge is 2.17. The van der Waals surface area contributed by atoms with Crippen LogP contribution in [-0.2, 0) is 0 Å². The second-order valence-corrected chi connectivity index (χ2v) is 5.84. The van der Waals surface area contributed by atoms with E-state index in [0.29, 0.717) is 5.82 Å². The van der Waals surface area contributed by atoms with Crippen LogP contribution in [0.3, 0.4) is 0 Å².